The average molecular weight is 567 g/mol. The molecular formula is C31H39ClN4O4. The Labute approximate surface area is 241 Å². The molecule has 1 fully saturated rings. The Balaban J connectivity index is 1.58. The summed E-state index contributed by atoms with van der Waals surface area (Å²) in [4.78, 5) is 40.1. The van der Waals surface area contributed by atoms with Gasteiger partial charge in [-0.25, -0.2) is 0 Å². The average Bonchev–Trinajstić information content (AvgIpc) is 3.75. The van der Waals surface area contributed by atoms with E-state index in [1.165, 1.54) is 0 Å². The van der Waals surface area contributed by atoms with E-state index in [2.05, 4.69) is 21.3 Å². The normalized spacial score (nSPS) is 24.0. The third kappa shape index (κ3) is 8.83. The summed E-state index contributed by atoms with van der Waals surface area (Å²) in [5, 5.41) is 12.7. The number of carbonyl (C=O) groups is 3. The molecule has 4 N–H and O–H groups in total. The number of para-hydroxylation sites is 1. The summed E-state index contributed by atoms with van der Waals surface area (Å²) in [6, 6.07) is 12.9. The molecule has 8 nitrogen and oxygen atoms in total. The van der Waals surface area contributed by atoms with Gasteiger partial charge in [-0.1, -0.05) is 80.8 Å². The van der Waals surface area contributed by atoms with Crippen molar-refractivity contribution in [2.75, 3.05) is 19.7 Å². The number of rotatable bonds is 5. The molecule has 1 aliphatic carbocycles. The van der Waals surface area contributed by atoms with Crippen LogP contribution in [0.5, 0.6) is 5.75 Å². The lowest BCUT2D eigenvalue weighted by atomic mass is 10.00. The molecule has 3 amide bonds. The summed E-state index contributed by atoms with van der Waals surface area (Å²) >= 11 is 6.20. The van der Waals surface area contributed by atoms with Crippen LogP contribution in [0.1, 0.15) is 44.2 Å². The minimum atomic E-state index is -0.799. The van der Waals surface area contributed by atoms with Gasteiger partial charge in [-0.15, -0.1) is 0 Å². The van der Waals surface area contributed by atoms with Crippen molar-refractivity contribution in [1.29, 1.82) is 0 Å². The minimum Gasteiger partial charge on any atom is -0.492 e. The van der Waals surface area contributed by atoms with E-state index < -0.39 is 18.1 Å². The first kappa shape index (κ1) is 29.6. The smallest absolute Gasteiger partial charge is 0.243 e. The number of hydrogen-bond donors (Lipinski definition) is 4. The zero-order valence-electron chi connectivity index (χ0n) is 23.1. The number of benzene rings is 2. The Morgan fingerprint density at radius 3 is 2.50 bits per heavy atom. The maximum Gasteiger partial charge on any atom is 0.243 e. The maximum absolute atomic E-state index is 13.6. The van der Waals surface area contributed by atoms with Gasteiger partial charge in [0.2, 0.25) is 17.7 Å². The van der Waals surface area contributed by atoms with Crippen LogP contribution in [-0.2, 0) is 20.8 Å². The monoisotopic (exact) mass is 566 g/mol. The third-order valence-electron chi connectivity index (χ3n) is 7.15. The second-order valence-corrected chi connectivity index (χ2v) is 11.3. The van der Waals surface area contributed by atoms with Crippen LogP contribution in [0.2, 0.25) is 5.02 Å². The Bertz CT molecular complexity index is 1210. The van der Waals surface area contributed by atoms with Crippen molar-refractivity contribution >= 4 is 35.4 Å². The third-order valence-corrected chi connectivity index (χ3v) is 7.39. The molecule has 0 bridgehead atoms. The molecule has 0 unspecified atom stereocenters. The highest BCUT2D eigenvalue weighted by Gasteiger charge is 2.34. The van der Waals surface area contributed by atoms with Crippen molar-refractivity contribution < 1.29 is 19.1 Å². The number of hydrogen-bond acceptors (Lipinski definition) is 5. The fraction of sp³-hybridized carbons (Fsp3) is 0.452. The predicted octanol–water partition coefficient (Wildman–Crippen LogP) is 3.49. The number of amides is 3. The van der Waals surface area contributed by atoms with E-state index in [-0.39, 0.29) is 23.6 Å². The van der Waals surface area contributed by atoms with Gasteiger partial charge in [-0.3, -0.25) is 14.4 Å². The molecule has 40 heavy (non-hydrogen) atoms. The standard InChI is InChI=1S/C31H39ClN4O4/c1-20(2)28-31(39)35-26(18-21-12-13-21)29(37)34-14-6-9-23-8-3-4-11-27(23)40-16-15-33-25(30(38)36-28)19-22-7-5-10-24(32)17-22/h3-11,17,20-21,25-26,28,33H,12-16,18-19H2,1-2H3,(H,34,37)(H,35,39)(H,36,38)/b9-6+/t25-,26+,28-/m1/s1. The summed E-state index contributed by atoms with van der Waals surface area (Å²) in [6.45, 7) is 4.82. The van der Waals surface area contributed by atoms with E-state index in [9.17, 15) is 14.4 Å². The summed E-state index contributed by atoms with van der Waals surface area (Å²) in [5.41, 5.74) is 1.78. The van der Waals surface area contributed by atoms with Gasteiger partial charge in [-0.2, -0.15) is 0 Å². The van der Waals surface area contributed by atoms with Crippen molar-refractivity contribution in [3.8, 4) is 5.75 Å². The number of fused-ring (bicyclic) bond motifs is 1. The predicted molar refractivity (Wildman–Crippen MR) is 157 cm³/mol. The number of halogens is 1. The Morgan fingerprint density at radius 1 is 0.950 bits per heavy atom. The molecule has 0 radical (unpaired) electrons. The summed E-state index contributed by atoms with van der Waals surface area (Å²) < 4.78 is 6.03. The number of ether oxygens (including phenoxy) is 1. The van der Waals surface area contributed by atoms with Crippen molar-refractivity contribution in [3.63, 3.8) is 0 Å². The summed E-state index contributed by atoms with van der Waals surface area (Å²) in [5.74, 6) is 0.0501. The van der Waals surface area contributed by atoms with Gasteiger partial charge in [0.15, 0.2) is 0 Å². The molecule has 0 spiro atoms. The lowest BCUT2D eigenvalue weighted by Crippen LogP contribution is -2.58. The van der Waals surface area contributed by atoms with Crippen LogP contribution in [-0.4, -0.2) is 55.5 Å². The van der Waals surface area contributed by atoms with Crippen molar-refractivity contribution in [3.05, 3.63) is 70.8 Å². The van der Waals surface area contributed by atoms with Crippen molar-refractivity contribution in [2.24, 2.45) is 11.8 Å². The quantitative estimate of drug-likeness (QED) is 0.443. The van der Waals surface area contributed by atoms with E-state index in [0.29, 0.717) is 49.2 Å². The fourth-order valence-electron chi connectivity index (χ4n) is 4.74. The fourth-order valence-corrected chi connectivity index (χ4v) is 4.95. The van der Waals surface area contributed by atoms with Crippen LogP contribution in [0.3, 0.4) is 0 Å². The molecule has 0 aromatic heterocycles. The highest BCUT2D eigenvalue weighted by molar-refractivity contribution is 6.30. The Morgan fingerprint density at radius 2 is 1.75 bits per heavy atom. The first-order valence-corrected chi connectivity index (χ1v) is 14.4. The van der Waals surface area contributed by atoms with Gasteiger partial charge < -0.3 is 26.0 Å². The zero-order valence-corrected chi connectivity index (χ0v) is 23.9. The van der Waals surface area contributed by atoms with Gasteiger partial charge in [0, 0.05) is 23.7 Å². The maximum atomic E-state index is 13.6. The first-order chi connectivity index (χ1) is 19.3. The second kappa shape index (κ2) is 14.3. The van der Waals surface area contributed by atoms with Crippen LogP contribution in [0, 0.1) is 11.8 Å². The molecule has 9 heteroatoms. The molecule has 2 aliphatic rings. The highest BCUT2D eigenvalue weighted by atomic mass is 35.5. The topological polar surface area (TPSA) is 109 Å². The van der Waals surface area contributed by atoms with Gasteiger partial charge >= 0.3 is 0 Å². The molecule has 4 rings (SSSR count). The molecule has 1 heterocycles. The molecule has 2 aromatic carbocycles. The van der Waals surface area contributed by atoms with Gasteiger partial charge in [0.25, 0.3) is 0 Å². The molecule has 214 valence electrons. The molecular weight excluding hydrogens is 528 g/mol. The van der Waals surface area contributed by atoms with Gasteiger partial charge in [0.1, 0.15) is 24.4 Å². The highest BCUT2D eigenvalue weighted by Crippen LogP contribution is 2.33. The van der Waals surface area contributed by atoms with Gasteiger partial charge in [0.05, 0.1) is 6.04 Å². The van der Waals surface area contributed by atoms with Crippen LogP contribution < -0.4 is 26.0 Å². The van der Waals surface area contributed by atoms with Crippen LogP contribution in [0.4, 0.5) is 0 Å². The largest absolute Gasteiger partial charge is 0.492 e. The van der Waals surface area contributed by atoms with Crippen molar-refractivity contribution in [2.45, 2.75) is 57.7 Å². The van der Waals surface area contributed by atoms with Gasteiger partial charge in [-0.05, 0) is 48.4 Å². The first-order valence-electron chi connectivity index (χ1n) is 14.0. The van der Waals surface area contributed by atoms with E-state index >= 15 is 0 Å². The molecule has 2 aromatic rings. The minimum absolute atomic E-state index is 0.186. The Kier molecular flexibility index (Phi) is 10.6. The van der Waals surface area contributed by atoms with Crippen molar-refractivity contribution in [1.82, 2.24) is 21.3 Å². The van der Waals surface area contributed by atoms with E-state index in [1.54, 1.807) is 6.07 Å². The molecule has 3 atom stereocenters. The lowest BCUT2D eigenvalue weighted by molar-refractivity contribution is -0.133. The number of nitrogens with one attached hydrogen (secondary N) is 4. The van der Waals surface area contributed by atoms with Crippen LogP contribution >= 0.6 is 11.6 Å². The van der Waals surface area contributed by atoms with E-state index in [0.717, 1.165) is 24.0 Å². The Hall–Kier alpha value is -3.36. The summed E-state index contributed by atoms with van der Waals surface area (Å²) in [7, 11) is 0. The molecule has 0 saturated heterocycles. The SMILES string of the molecule is CC(C)[C@H]1NC(=O)[C@@H](Cc2cccc(Cl)c2)NCCOc2ccccc2/C=C/CNC(=O)[C@H](CC2CC2)NC1=O. The molecule has 1 saturated carbocycles. The second-order valence-electron chi connectivity index (χ2n) is 10.8. The zero-order chi connectivity index (χ0) is 28.5. The van der Waals surface area contributed by atoms with Crippen LogP contribution in [0.25, 0.3) is 6.08 Å². The number of carbonyl (C=O) groups excluding carboxylic acids is 3. The molecule has 1 aliphatic heterocycles. The lowest BCUT2D eigenvalue weighted by Gasteiger charge is -2.27. The summed E-state index contributed by atoms with van der Waals surface area (Å²) in [6.07, 6.45) is 6.84. The van der Waals surface area contributed by atoms with E-state index in [4.69, 9.17) is 16.3 Å². The van der Waals surface area contributed by atoms with Crippen LogP contribution in [0.15, 0.2) is 54.6 Å². The van der Waals surface area contributed by atoms with E-state index in [1.807, 2.05) is 68.5 Å².